The van der Waals surface area contributed by atoms with Crippen LogP contribution in [0.4, 0.5) is 4.39 Å². The number of rotatable bonds is 8. The molecule has 0 radical (unpaired) electrons. The summed E-state index contributed by atoms with van der Waals surface area (Å²) in [6.45, 7) is 4.11. The fraction of sp³-hybridized carbons (Fsp3) is 0.200. The van der Waals surface area contributed by atoms with E-state index in [0.29, 0.717) is 41.6 Å². The van der Waals surface area contributed by atoms with Crippen LogP contribution in [0, 0.1) is 5.82 Å². The largest absolute Gasteiger partial charge is 0.421 e. The second-order valence-electron chi connectivity index (χ2n) is 5.90. The Morgan fingerprint density at radius 3 is 2.82 bits per heavy atom. The average Bonchev–Trinajstić information content (AvgIpc) is 3.19. The van der Waals surface area contributed by atoms with Crippen LogP contribution in [0.15, 0.2) is 53.6 Å². The number of amides is 1. The predicted octanol–water partition coefficient (Wildman–Crippen LogP) is 2.93. The molecule has 1 amide bonds. The van der Waals surface area contributed by atoms with Gasteiger partial charge in [-0.2, -0.15) is 0 Å². The fourth-order valence-electron chi connectivity index (χ4n) is 2.51. The molecular weight excluding hydrogens is 363 g/mol. The van der Waals surface area contributed by atoms with E-state index in [2.05, 4.69) is 27.1 Å². The lowest BCUT2D eigenvalue weighted by Gasteiger charge is -2.09. The Balaban J connectivity index is 1.97. The van der Waals surface area contributed by atoms with Gasteiger partial charge < -0.3 is 14.5 Å². The van der Waals surface area contributed by atoms with Crippen LogP contribution in [-0.2, 0) is 22.5 Å². The number of carbonyl (C=O) groups excluding carboxylic acids is 1. The maximum absolute atomic E-state index is 13.2. The number of pyridine rings is 1. The fourth-order valence-corrected chi connectivity index (χ4v) is 2.51. The first-order valence-corrected chi connectivity index (χ1v) is 8.57. The van der Waals surface area contributed by atoms with Crippen LogP contribution in [0.3, 0.4) is 0 Å². The van der Waals surface area contributed by atoms with Gasteiger partial charge in [-0.3, -0.25) is 9.78 Å². The van der Waals surface area contributed by atoms with Gasteiger partial charge in [0, 0.05) is 43.0 Å². The summed E-state index contributed by atoms with van der Waals surface area (Å²) in [5.41, 5.74) is 2.69. The van der Waals surface area contributed by atoms with Gasteiger partial charge in [0.05, 0.1) is 12.3 Å². The Bertz CT molecular complexity index is 970. The first-order valence-electron chi connectivity index (χ1n) is 8.57. The zero-order valence-electron chi connectivity index (χ0n) is 15.3. The molecule has 0 bridgehead atoms. The Morgan fingerprint density at radius 2 is 2.11 bits per heavy atom. The molecule has 3 rings (SSSR count). The average molecular weight is 382 g/mol. The quantitative estimate of drug-likeness (QED) is 0.603. The van der Waals surface area contributed by atoms with Crippen molar-refractivity contribution >= 4 is 5.91 Å². The van der Waals surface area contributed by atoms with Crippen LogP contribution in [0.25, 0.3) is 22.7 Å². The first kappa shape index (κ1) is 19.4. The van der Waals surface area contributed by atoms with Crippen LogP contribution in [0.2, 0.25) is 0 Å². The van der Waals surface area contributed by atoms with Crippen molar-refractivity contribution < 1.29 is 18.3 Å². The zero-order valence-corrected chi connectivity index (χ0v) is 15.3. The molecule has 0 saturated heterocycles. The van der Waals surface area contributed by atoms with Gasteiger partial charge >= 0.3 is 0 Å². The highest BCUT2D eigenvalue weighted by atomic mass is 19.1. The van der Waals surface area contributed by atoms with E-state index in [9.17, 15) is 9.18 Å². The minimum Gasteiger partial charge on any atom is -0.421 e. The molecule has 2 aromatic heterocycles. The highest BCUT2D eigenvalue weighted by Crippen LogP contribution is 2.27. The maximum Gasteiger partial charge on any atom is 0.248 e. The van der Waals surface area contributed by atoms with Gasteiger partial charge in [-0.25, -0.2) is 4.39 Å². The number of benzene rings is 1. The van der Waals surface area contributed by atoms with E-state index in [4.69, 9.17) is 9.15 Å². The van der Waals surface area contributed by atoms with Gasteiger partial charge in [0.25, 0.3) is 0 Å². The van der Waals surface area contributed by atoms with Crippen molar-refractivity contribution in [2.24, 2.45) is 0 Å². The highest BCUT2D eigenvalue weighted by Gasteiger charge is 2.16. The number of ether oxygens (including phenoxy) is 1. The molecule has 0 fully saturated rings. The van der Waals surface area contributed by atoms with Crippen LogP contribution in [0.1, 0.15) is 11.5 Å². The van der Waals surface area contributed by atoms with Gasteiger partial charge in [-0.1, -0.05) is 6.58 Å². The summed E-state index contributed by atoms with van der Waals surface area (Å²) in [5.74, 6) is 0.116. The molecule has 0 atom stereocenters. The number of carbonyl (C=O) groups is 1. The normalized spacial score (nSPS) is 10.6. The molecule has 0 aliphatic carbocycles. The van der Waals surface area contributed by atoms with Crippen molar-refractivity contribution in [3.63, 3.8) is 0 Å². The second-order valence-corrected chi connectivity index (χ2v) is 5.90. The molecule has 0 aliphatic rings. The van der Waals surface area contributed by atoms with Crippen molar-refractivity contribution in [2.45, 2.75) is 13.0 Å². The van der Waals surface area contributed by atoms with Crippen LogP contribution in [-0.4, -0.2) is 34.8 Å². The van der Waals surface area contributed by atoms with E-state index in [1.54, 1.807) is 31.5 Å². The molecule has 1 aromatic carbocycles. The summed E-state index contributed by atoms with van der Waals surface area (Å²) < 4.78 is 24.0. The molecule has 1 N–H and O–H groups in total. The van der Waals surface area contributed by atoms with Crippen molar-refractivity contribution in [3.8, 4) is 22.7 Å². The summed E-state index contributed by atoms with van der Waals surface area (Å²) >= 11 is 0. The van der Waals surface area contributed by atoms with Gasteiger partial charge in [0.1, 0.15) is 5.82 Å². The predicted molar refractivity (Wildman–Crippen MR) is 101 cm³/mol. The standard InChI is InChI=1S/C20H19FN4O3/c1-3-18(26)23-12-14-11-22-17(13-4-6-15(21)7-5-13)10-16(14)20-25-24-19(28-20)8-9-27-2/h3-7,10-11H,1,8-9,12H2,2H3,(H,23,26). The van der Waals surface area contributed by atoms with Gasteiger partial charge in [-0.15, -0.1) is 10.2 Å². The molecule has 8 heteroatoms. The van der Waals surface area contributed by atoms with Gasteiger partial charge in [0.15, 0.2) is 0 Å². The van der Waals surface area contributed by atoms with Crippen molar-refractivity contribution in [2.75, 3.05) is 13.7 Å². The van der Waals surface area contributed by atoms with Crippen molar-refractivity contribution in [1.82, 2.24) is 20.5 Å². The van der Waals surface area contributed by atoms with E-state index in [0.717, 1.165) is 5.56 Å². The number of nitrogens with one attached hydrogen (secondary N) is 1. The topological polar surface area (TPSA) is 90.1 Å². The van der Waals surface area contributed by atoms with Crippen molar-refractivity contribution in [3.05, 3.63) is 66.5 Å². The van der Waals surface area contributed by atoms with E-state index < -0.39 is 0 Å². The Labute approximate surface area is 161 Å². The number of methoxy groups -OCH3 is 1. The molecule has 2 heterocycles. The summed E-state index contributed by atoms with van der Waals surface area (Å²) in [6.07, 6.45) is 3.30. The zero-order chi connectivity index (χ0) is 19.9. The third-order valence-electron chi connectivity index (χ3n) is 3.98. The number of hydrogen-bond acceptors (Lipinski definition) is 6. The minimum absolute atomic E-state index is 0.215. The smallest absolute Gasteiger partial charge is 0.248 e. The molecule has 144 valence electrons. The maximum atomic E-state index is 13.2. The van der Waals surface area contributed by atoms with Gasteiger partial charge in [0.2, 0.25) is 17.7 Å². The third kappa shape index (κ3) is 4.66. The summed E-state index contributed by atoms with van der Waals surface area (Å²) in [6, 6.07) is 7.78. The molecule has 3 aromatic rings. The van der Waals surface area contributed by atoms with Crippen LogP contribution in [0.5, 0.6) is 0 Å². The number of halogens is 1. The van der Waals surface area contributed by atoms with Crippen molar-refractivity contribution in [1.29, 1.82) is 0 Å². The molecule has 0 unspecified atom stereocenters. The van der Waals surface area contributed by atoms with Crippen LogP contribution < -0.4 is 5.32 Å². The second kappa shape index (κ2) is 9.01. The first-order chi connectivity index (χ1) is 13.6. The molecule has 0 aliphatic heterocycles. The molecular formula is C20H19FN4O3. The van der Waals surface area contributed by atoms with Gasteiger partial charge in [-0.05, 0) is 36.4 Å². The molecule has 0 saturated carbocycles. The monoisotopic (exact) mass is 382 g/mol. The van der Waals surface area contributed by atoms with E-state index >= 15 is 0 Å². The Kier molecular flexibility index (Phi) is 6.23. The number of hydrogen-bond donors (Lipinski definition) is 1. The molecule has 28 heavy (non-hydrogen) atoms. The summed E-state index contributed by atoms with van der Waals surface area (Å²) in [7, 11) is 1.59. The SMILES string of the molecule is C=CC(=O)NCc1cnc(-c2ccc(F)cc2)cc1-c1nnc(CCOC)o1. The van der Waals surface area contributed by atoms with E-state index in [1.165, 1.54) is 18.2 Å². The number of aromatic nitrogens is 3. The van der Waals surface area contributed by atoms with E-state index in [1.807, 2.05) is 0 Å². The lowest BCUT2D eigenvalue weighted by Crippen LogP contribution is -2.20. The molecule has 0 spiro atoms. The molecule has 7 nitrogen and oxygen atoms in total. The summed E-state index contributed by atoms with van der Waals surface area (Å²) in [4.78, 5) is 15.9. The van der Waals surface area contributed by atoms with Crippen LogP contribution >= 0.6 is 0 Å². The highest BCUT2D eigenvalue weighted by molar-refractivity contribution is 5.87. The third-order valence-corrected chi connectivity index (χ3v) is 3.98. The summed E-state index contributed by atoms with van der Waals surface area (Å²) in [5, 5.41) is 10.8. The Hall–Kier alpha value is -3.39. The lowest BCUT2D eigenvalue weighted by molar-refractivity contribution is -0.116. The van der Waals surface area contributed by atoms with E-state index in [-0.39, 0.29) is 18.3 Å². The number of nitrogens with zero attached hydrogens (tertiary/aromatic N) is 3. The minimum atomic E-state index is -0.326. The lowest BCUT2D eigenvalue weighted by atomic mass is 10.0. The Morgan fingerprint density at radius 1 is 1.32 bits per heavy atom.